The highest BCUT2D eigenvalue weighted by molar-refractivity contribution is 6.00. The molecule has 19 heavy (non-hydrogen) atoms. The van der Waals surface area contributed by atoms with Crippen molar-refractivity contribution in [3.8, 4) is 6.07 Å². The predicted molar refractivity (Wildman–Crippen MR) is 67.0 cm³/mol. The Hall–Kier alpha value is -1.61. The maximum absolute atomic E-state index is 12.1. The highest BCUT2D eigenvalue weighted by Gasteiger charge is 2.68. The quantitative estimate of drug-likeness (QED) is 0.708. The molecule has 0 spiro atoms. The number of hydrogen-bond donors (Lipinski definition) is 0. The smallest absolute Gasteiger partial charge is 0.327 e. The summed E-state index contributed by atoms with van der Waals surface area (Å²) in [6, 6.07) is 1.70. The number of nitriles is 1. The Kier molecular flexibility index (Phi) is 2.86. The minimum atomic E-state index is -1.16. The van der Waals surface area contributed by atoms with Gasteiger partial charge in [-0.25, -0.2) is 4.79 Å². The second-order valence-electron chi connectivity index (χ2n) is 6.18. The van der Waals surface area contributed by atoms with Gasteiger partial charge in [0.1, 0.15) is 0 Å². The number of rotatable bonds is 1. The van der Waals surface area contributed by atoms with Crippen molar-refractivity contribution in [3.05, 3.63) is 0 Å². The molecular formula is C13H19N3O3. The van der Waals surface area contributed by atoms with E-state index in [1.165, 1.54) is 11.9 Å². The van der Waals surface area contributed by atoms with Gasteiger partial charge in [0, 0.05) is 14.1 Å². The lowest BCUT2D eigenvalue weighted by atomic mass is 9.62. The van der Waals surface area contributed by atoms with E-state index >= 15 is 0 Å². The molecule has 0 bridgehead atoms. The van der Waals surface area contributed by atoms with Gasteiger partial charge in [0.25, 0.3) is 0 Å². The molecule has 6 nitrogen and oxygen atoms in total. The molecule has 0 aromatic rings. The Morgan fingerprint density at radius 2 is 1.95 bits per heavy atom. The first-order valence-corrected chi connectivity index (χ1v) is 6.29. The van der Waals surface area contributed by atoms with Crippen molar-refractivity contribution < 1.29 is 14.3 Å². The van der Waals surface area contributed by atoms with Gasteiger partial charge in [-0.15, -0.1) is 0 Å². The number of carbonyl (C=O) groups excluding carboxylic acids is 2. The van der Waals surface area contributed by atoms with Crippen molar-refractivity contribution in [2.24, 2.45) is 5.92 Å². The molecule has 2 rings (SSSR count). The largest absolute Gasteiger partial charge is 0.369 e. The number of imide groups is 1. The Bertz CT molecular complexity index is 457. The van der Waals surface area contributed by atoms with Crippen LogP contribution in [0.25, 0.3) is 0 Å². The van der Waals surface area contributed by atoms with Crippen LogP contribution in [0.15, 0.2) is 0 Å². The molecule has 3 amide bonds. The second kappa shape index (κ2) is 3.94. The van der Waals surface area contributed by atoms with Crippen LogP contribution in [0.4, 0.5) is 4.79 Å². The zero-order valence-electron chi connectivity index (χ0n) is 11.9. The number of hydrogen-bond acceptors (Lipinski definition) is 4. The number of carbonyl (C=O) groups is 2. The van der Waals surface area contributed by atoms with Crippen LogP contribution in [-0.4, -0.2) is 53.1 Å². The minimum absolute atomic E-state index is 0.293. The molecule has 3 unspecified atom stereocenters. The monoisotopic (exact) mass is 265 g/mol. The van der Waals surface area contributed by atoms with Gasteiger partial charge in [-0.05, 0) is 27.2 Å². The molecule has 104 valence electrons. The van der Waals surface area contributed by atoms with Crippen LogP contribution in [0.1, 0.15) is 27.2 Å². The first-order valence-electron chi connectivity index (χ1n) is 6.29. The summed E-state index contributed by atoms with van der Waals surface area (Å²) < 4.78 is 5.85. The van der Waals surface area contributed by atoms with Gasteiger partial charge >= 0.3 is 6.03 Å². The van der Waals surface area contributed by atoms with Crippen LogP contribution >= 0.6 is 0 Å². The number of urea groups is 1. The van der Waals surface area contributed by atoms with Crippen molar-refractivity contribution in [2.45, 2.75) is 44.4 Å². The van der Waals surface area contributed by atoms with E-state index in [2.05, 4.69) is 6.07 Å². The van der Waals surface area contributed by atoms with Crippen LogP contribution in [0.2, 0.25) is 0 Å². The van der Waals surface area contributed by atoms with Gasteiger partial charge in [-0.1, -0.05) is 0 Å². The summed E-state index contributed by atoms with van der Waals surface area (Å²) in [6.07, 6.45) is 0.0557. The van der Waals surface area contributed by atoms with Gasteiger partial charge in [0.15, 0.2) is 5.54 Å². The zero-order valence-corrected chi connectivity index (χ0v) is 11.9. The highest BCUT2D eigenvalue weighted by Crippen LogP contribution is 2.49. The Morgan fingerprint density at radius 3 is 2.42 bits per heavy atom. The lowest BCUT2D eigenvalue weighted by molar-refractivity contribution is -0.197. The molecule has 1 saturated carbocycles. The fourth-order valence-electron chi connectivity index (χ4n) is 2.88. The van der Waals surface area contributed by atoms with Gasteiger partial charge in [-0.2, -0.15) is 5.26 Å². The van der Waals surface area contributed by atoms with Crippen LogP contribution < -0.4 is 0 Å². The molecule has 0 N–H and O–H groups in total. The summed E-state index contributed by atoms with van der Waals surface area (Å²) in [7, 11) is 3.00. The number of ether oxygens (including phenoxy) is 1. The molecule has 0 aromatic carbocycles. The third kappa shape index (κ3) is 1.72. The van der Waals surface area contributed by atoms with E-state index in [-0.39, 0.29) is 5.91 Å². The molecule has 1 heterocycles. The van der Waals surface area contributed by atoms with E-state index < -0.39 is 29.2 Å². The lowest BCUT2D eigenvalue weighted by Gasteiger charge is -2.59. The van der Waals surface area contributed by atoms with E-state index in [0.29, 0.717) is 6.42 Å². The number of likely N-dealkylation sites (N-methyl/N-ethyl adjacent to an activating group) is 1. The Labute approximate surface area is 112 Å². The molecule has 1 aliphatic carbocycles. The third-order valence-corrected chi connectivity index (χ3v) is 3.90. The molecule has 0 radical (unpaired) electrons. The number of fused-ring (bicyclic) bond motifs is 1. The molecule has 6 heteroatoms. The van der Waals surface area contributed by atoms with E-state index in [0.717, 1.165) is 4.90 Å². The Morgan fingerprint density at radius 1 is 1.37 bits per heavy atom. The van der Waals surface area contributed by atoms with Gasteiger partial charge < -0.3 is 9.64 Å². The highest BCUT2D eigenvalue weighted by atomic mass is 16.5. The average Bonchev–Trinajstić information content (AvgIpc) is 2.29. The van der Waals surface area contributed by atoms with E-state index in [1.807, 2.05) is 20.8 Å². The van der Waals surface area contributed by atoms with E-state index in [9.17, 15) is 14.9 Å². The SMILES string of the molecule is CN1C(=O)C2CC(OC(C)(C)C)C2(C#N)N(C)C1=O. The fraction of sp³-hybridized carbons (Fsp3) is 0.769. The van der Waals surface area contributed by atoms with Crippen molar-refractivity contribution in [1.82, 2.24) is 9.80 Å². The average molecular weight is 265 g/mol. The van der Waals surface area contributed by atoms with E-state index in [4.69, 9.17) is 4.74 Å². The summed E-state index contributed by atoms with van der Waals surface area (Å²) >= 11 is 0. The van der Waals surface area contributed by atoms with Crippen molar-refractivity contribution in [1.29, 1.82) is 5.26 Å². The first-order chi connectivity index (χ1) is 8.65. The molecular weight excluding hydrogens is 246 g/mol. The number of nitrogens with zero attached hydrogens (tertiary/aromatic N) is 3. The standard InChI is InChI=1S/C13H19N3O3/c1-12(2,3)19-9-6-8-10(17)15(4)11(18)16(5)13(8,9)7-14/h8-9H,6H2,1-5H3. The Balaban J connectivity index is 2.36. The normalized spacial score (nSPS) is 34.7. The maximum atomic E-state index is 12.1. The lowest BCUT2D eigenvalue weighted by Crippen LogP contribution is -2.78. The zero-order chi connectivity index (χ0) is 14.6. The van der Waals surface area contributed by atoms with E-state index in [1.54, 1.807) is 7.05 Å². The van der Waals surface area contributed by atoms with Crippen LogP contribution in [0, 0.1) is 17.2 Å². The summed E-state index contributed by atoms with van der Waals surface area (Å²) in [4.78, 5) is 26.5. The predicted octanol–water partition coefficient (Wildman–Crippen LogP) is 0.976. The molecule has 3 atom stereocenters. The maximum Gasteiger partial charge on any atom is 0.327 e. The van der Waals surface area contributed by atoms with Crippen molar-refractivity contribution in [3.63, 3.8) is 0 Å². The van der Waals surface area contributed by atoms with Crippen LogP contribution in [0.3, 0.4) is 0 Å². The molecule has 1 aliphatic heterocycles. The van der Waals surface area contributed by atoms with Gasteiger partial charge in [-0.3, -0.25) is 9.69 Å². The summed E-state index contributed by atoms with van der Waals surface area (Å²) in [5.41, 5.74) is -1.58. The fourth-order valence-corrected chi connectivity index (χ4v) is 2.88. The third-order valence-electron chi connectivity index (χ3n) is 3.90. The molecule has 1 saturated heterocycles. The van der Waals surface area contributed by atoms with Gasteiger partial charge in [0.2, 0.25) is 5.91 Å². The summed E-state index contributed by atoms with van der Waals surface area (Å²) in [6.45, 7) is 5.68. The second-order valence-corrected chi connectivity index (χ2v) is 6.18. The molecule has 0 aromatic heterocycles. The van der Waals surface area contributed by atoms with Crippen LogP contribution in [0.5, 0.6) is 0 Å². The number of amides is 3. The molecule has 2 fully saturated rings. The first kappa shape index (κ1) is 13.8. The minimum Gasteiger partial charge on any atom is -0.369 e. The molecule has 2 aliphatic rings. The van der Waals surface area contributed by atoms with Crippen molar-refractivity contribution in [2.75, 3.05) is 14.1 Å². The summed E-state index contributed by atoms with van der Waals surface area (Å²) in [5.74, 6) is -0.782. The van der Waals surface area contributed by atoms with Crippen molar-refractivity contribution >= 4 is 11.9 Å². The topological polar surface area (TPSA) is 73.6 Å². The van der Waals surface area contributed by atoms with Gasteiger partial charge in [0.05, 0.1) is 23.7 Å². The van der Waals surface area contributed by atoms with Crippen LogP contribution in [-0.2, 0) is 9.53 Å². The summed E-state index contributed by atoms with van der Waals surface area (Å²) in [5, 5.41) is 9.54.